The van der Waals surface area contributed by atoms with E-state index in [1.165, 1.54) is 6.20 Å². The predicted molar refractivity (Wildman–Crippen MR) is 94.0 cm³/mol. The summed E-state index contributed by atoms with van der Waals surface area (Å²) in [6, 6.07) is 20.4. The Hall–Kier alpha value is -3.54. The van der Waals surface area contributed by atoms with Crippen molar-refractivity contribution in [2.45, 2.75) is 6.61 Å². The lowest BCUT2D eigenvalue weighted by atomic mass is 10.2. The topological polar surface area (TPSA) is 90.0 Å². The van der Waals surface area contributed by atoms with E-state index >= 15 is 0 Å². The van der Waals surface area contributed by atoms with Gasteiger partial charge in [-0.15, -0.1) is 0 Å². The maximum Gasteiger partial charge on any atom is 0.219 e. The number of amidine groups is 1. The van der Waals surface area contributed by atoms with E-state index in [1.54, 1.807) is 24.3 Å². The molecule has 3 N–H and O–H groups in total. The molecule has 0 spiro atoms. The Morgan fingerprint density at radius 2 is 1.72 bits per heavy atom. The van der Waals surface area contributed by atoms with E-state index in [9.17, 15) is 0 Å². The van der Waals surface area contributed by atoms with Gasteiger partial charge in [0, 0.05) is 17.8 Å². The molecule has 0 aliphatic rings. The molecule has 0 fully saturated rings. The minimum absolute atomic E-state index is 0.00286. The summed E-state index contributed by atoms with van der Waals surface area (Å²) in [6.07, 6.45) is 1.53. The zero-order valence-corrected chi connectivity index (χ0v) is 13.4. The van der Waals surface area contributed by atoms with Crippen LogP contribution < -0.4 is 15.2 Å². The third-order valence-electron chi connectivity index (χ3n) is 3.43. The smallest absolute Gasteiger partial charge is 0.219 e. The van der Waals surface area contributed by atoms with Gasteiger partial charge in [-0.2, -0.15) is 0 Å². The number of ether oxygens (including phenoxy) is 2. The largest absolute Gasteiger partial charge is 0.489 e. The summed E-state index contributed by atoms with van der Waals surface area (Å²) in [5.41, 5.74) is 7.18. The van der Waals surface area contributed by atoms with Crippen LogP contribution in [-0.4, -0.2) is 16.0 Å². The normalized spacial score (nSPS) is 11.1. The van der Waals surface area contributed by atoms with Crippen LogP contribution in [-0.2, 0) is 6.61 Å². The summed E-state index contributed by atoms with van der Waals surface area (Å²) >= 11 is 0. The average molecular weight is 335 g/mol. The second-order valence-corrected chi connectivity index (χ2v) is 5.22. The van der Waals surface area contributed by atoms with E-state index in [1.807, 2.05) is 42.5 Å². The Morgan fingerprint density at radius 1 is 1.00 bits per heavy atom. The van der Waals surface area contributed by atoms with Gasteiger partial charge in [0.25, 0.3) is 0 Å². The number of aromatic nitrogens is 1. The van der Waals surface area contributed by atoms with E-state index < -0.39 is 0 Å². The molecule has 126 valence electrons. The SMILES string of the molecule is N/C(=N/O)c1ccnc(Oc2ccc(OCc3ccccc3)cc2)c1. The lowest BCUT2D eigenvalue weighted by molar-refractivity contribution is 0.305. The van der Waals surface area contributed by atoms with Crippen molar-refractivity contribution in [1.29, 1.82) is 0 Å². The highest BCUT2D eigenvalue weighted by molar-refractivity contribution is 5.97. The summed E-state index contributed by atoms with van der Waals surface area (Å²) in [5.74, 6) is 1.70. The van der Waals surface area contributed by atoms with Gasteiger partial charge >= 0.3 is 0 Å². The second kappa shape index (κ2) is 7.83. The van der Waals surface area contributed by atoms with Crippen LogP contribution in [0.4, 0.5) is 0 Å². The molecule has 0 saturated heterocycles. The Bertz CT molecular complexity index is 849. The molecule has 0 aliphatic carbocycles. The summed E-state index contributed by atoms with van der Waals surface area (Å²) in [4.78, 5) is 4.10. The van der Waals surface area contributed by atoms with Gasteiger partial charge in [0.2, 0.25) is 5.88 Å². The van der Waals surface area contributed by atoms with Crippen LogP contribution >= 0.6 is 0 Å². The third kappa shape index (κ3) is 4.48. The number of hydrogen-bond donors (Lipinski definition) is 2. The summed E-state index contributed by atoms with van der Waals surface area (Å²) in [7, 11) is 0. The Kier molecular flexibility index (Phi) is 5.11. The van der Waals surface area contributed by atoms with E-state index in [0.29, 0.717) is 23.8 Å². The van der Waals surface area contributed by atoms with Crippen molar-refractivity contribution in [3.63, 3.8) is 0 Å². The van der Waals surface area contributed by atoms with Gasteiger partial charge in [0.15, 0.2) is 5.84 Å². The molecule has 0 amide bonds. The van der Waals surface area contributed by atoms with Crippen LogP contribution in [0.25, 0.3) is 0 Å². The van der Waals surface area contributed by atoms with Crippen molar-refractivity contribution < 1.29 is 14.7 Å². The highest BCUT2D eigenvalue weighted by atomic mass is 16.5. The van der Waals surface area contributed by atoms with Crippen molar-refractivity contribution >= 4 is 5.84 Å². The zero-order valence-electron chi connectivity index (χ0n) is 13.4. The summed E-state index contributed by atoms with van der Waals surface area (Å²) in [6.45, 7) is 0.504. The van der Waals surface area contributed by atoms with E-state index in [-0.39, 0.29) is 5.84 Å². The number of pyridine rings is 1. The van der Waals surface area contributed by atoms with E-state index in [0.717, 1.165) is 11.3 Å². The van der Waals surface area contributed by atoms with Crippen molar-refractivity contribution in [3.05, 3.63) is 84.1 Å². The van der Waals surface area contributed by atoms with Gasteiger partial charge in [0.1, 0.15) is 18.1 Å². The minimum atomic E-state index is -0.00286. The standard InChI is InChI=1S/C19H17N3O3/c20-19(22-23)15-10-11-21-18(12-15)25-17-8-6-16(7-9-17)24-13-14-4-2-1-3-5-14/h1-12,23H,13H2,(H2,20,22). The van der Waals surface area contributed by atoms with Gasteiger partial charge < -0.3 is 20.4 Å². The molecule has 1 aromatic heterocycles. The first-order valence-electron chi connectivity index (χ1n) is 7.63. The Labute approximate surface area is 145 Å². The first-order chi connectivity index (χ1) is 12.2. The molecule has 6 heteroatoms. The molecule has 0 unspecified atom stereocenters. The lowest BCUT2D eigenvalue weighted by Gasteiger charge is -2.09. The highest BCUT2D eigenvalue weighted by Gasteiger charge is 2.04. The van der Waals surface area contributed by atoms with Gasteiger partial charge in [-0.3, -0.25) is 0 Å². The molecule has 2 aromatic carbocycles. The summed E-state index contributed by atoms with van der Waals surface area (Å²) in [5, 5.41) is 11.7. The number of hydrogen-bond acceptors (Lipinski definition) is 5. The number of nitrogens with zero attached hydrogens (tertiary/aromatic N) is 2. The molecule has 0 saturated carbocycles. The molecular formula is C19H17N3O3. The molecule has 3 rings (SSSR count). The third-order valence-corrected chi connectivity index (χ3v) is 3.43. The molecule has 0 bridgehead atoms. The number of nitrogens with two attached hydrogens (primary N) is 1. The second-order valence-electron chi connectivity index (χ2n) is 5.22. The zero-order chi connectivity index (χ0) is 17.5. The first-order valence-corrected chi connectivity index (χ1v) is 7.63. The van der Waals surface area contributed by atoms with E-state index in [4.69, 9.17) is 20.4 Å². The number of benzene rings is 2. The maximum absolute atomic E-state index is 8.72. The van der Waals surface area contributed by atoms with Crippen LogP contribution in [0.2, 0.25) is 0 Å². The Morgan fingerprint density at radius 3 is 2.44 bits per heavy atom. The van der Waals surface area contributed by atoms with Gasteiger partial charge in [-0.25, -0.2) is 4.98 Å². The molecule has 25 heavy (non-hydrogen) atoms. The van der Waals surface area contributed by atoms with E-state index in [2.05, 4.69) is 10.1 Å². The maximum atomic E-state index is 8.72. The molecule has 0 radical (unpaired) electrons. The van der Waals surface area contributed by atoms with Crippen LogP contribution in [0.15, 0.2) is 78.1 Å². The number of rotatable bonds is 6. The monoisotopic (exact) mass is 335 g/mol. The molecule has 1 heterocycles. The minimum Gasteiger partial charge on any atom is -0.489 e. The fraction of sp³-hybridized carbons (Fsp3) is 0.0526. The molecule has 3 aromatic rings. The van der Waals surface area contributed by atoms with Crippen molar-refractivity contribution in [2.24, 2.45) is 10.9 Å². The quantitative estimate of drug-likeness (QED) is 0.311. The van der Waals surface area contributed by atoms with Crippen LogP contribution in [0.5, 0.6) is 17.4 Å². The highest BCUT2D eigenvalue weighted by Crippen LogP contribution is 2.23. The fourth-order valence-corrected chi connectivity index (χ4v) is 2.15. The molecule has 0 atom stereocenters. The van der Waals surface area contributed by atoms with Crippen molar-refractivity contribution in [1.82, 2.24) is 4.98 Å². The lowest BCUT2D eigenvalue weighted by Crippen LogP contribution is -2.13. The average Bonchev–Trinajstić information content (AvgIpc) is 2.68. The van der Waals surface area contributed by atoms with Gasteiger partial charge in [-0.1, -0.05) is 35.5 Å². The molecular weight excluding hydrogens is 318 g/mol. The number of oxime groups is 1. The summed E-state index contributed by atoms with van der Waals surface area (Å²) < 4.78 is 11.4. The van der Waals surface area contributed by atoms with Gasteiger partial charge in [0.05, 0.1) is 0 Å². The fourth-order valence-electron chi connectivity index (χ4n) is 2.15. The van der Waals surface area contributed by atoms with Crippen LogP contribution in [0, 0.1) is 0 Å². The Balaban J connectivity index is 1.63. The first kappa shape index (κ1) is 16.3. The van der Waals surface area contributed by atoms with Crippen molar-refractivity contribution in [2.75, 3.05) is 0 Å². The molecule has 0 aliphatic heterocycles. The molecule has 6 nitrogen and oxygen atoms in total. The van der Waals surface area contributed by atoms with Gasteiger partial charge in [-0.05, 0) is 35.9 Å². The van der Waals surface area contributed by atoms with Crippen LogP contribution in [0.3, 0.4) is 0 Å². The predicted octanol–water partition coefficient (Wildman–Crippen LogP) is 3.55. The van der Waals surface area contributed by atoms with Crippen LogP contribution in [0.1, 0.15) is 11.1 Å². The van der Waals surface area contributed by atoms with Crippen molar-refractivity contribution in [3.8, 4) is 17.4 Å².